The largest absolute Gasteiger partial charge is 0.349 e. The lowest BCUT2D eigenvalue weighted by Gasteiger charge is -2.30. The first-order chi connectivity index (χ1) is 14.9. The van der Waals surface area contributed by atoms with Crippen molar-refractivity contribution in [1.29, 1.82) is 0 Å². The molecule has 8 nitrogen and oxygen atoms in total. The van der Waals surface area contributed by atoms with Gasteiger partial charge in [0.25, 0.3) is 0 Å². The van der Waals surface area contributed by atoms with Gasteiger partial charge in [0.05, 0.1) is 11.4 Å². The second-order valence-electron chi connectivity index (χ2n) is 8.64. The molecule has 0 aliphatic carbocycles. The number of piperidine rings is 1. The predicted octanol–water partition coefficient (Wildman–Crippen LogP) is 2.34. The van der Waals surface area contributed by atoms with Crippen molar-refractivity contribution < 1.29 is 13.2 Å². The highest BCUT2D eigenvalue weighted by atomic mass is 32.2. The first-order valence-corrected chi connectivity index (χ1v) is 12.6. The number of carbonyl (C=O) groups is 1. The van der Waals surface area contributed by atoms with Crippen LogP contribution in [0.3, 0.4) is 0 Å². The van der Waals surface area contributed by atoms with Gasteiger partial charge in [0.1, 0.15) is 5.82 Å². The Morgan fingerprint density at radius 2 is 1.84 bits per heavy atom. The number of sulfonamides is 1. The van der Waals surface area contributed by atoms with Crippen LogP contribution in [0.25, 0.3) is 0 Å². The molecule has 2 aliphatic rings. The number of aryl methyl sites for hydroxylation is 3. The Morgan fingerprint density at radius 3 is 2.58 bits per heavy atom. The zero-order chi connectivity index (χ0) is 22.0. The predicted molar refractivity (Wildman–Crippen MR) is 117 cm³/mol. The molecule has 0 saturated carbocycles. The molecule has 0 unspecified atom stereocenters. The number of hydrogen-bond donors (Lipinski definition) is 1. The van der Waals surface area contributed by atoms with Crippen molar-refractivity contribution >= 4 is 15.9 Å². The van der Waals surface area contributed by atoms with E-state index in [1.54, 1.807) is 12.1 Å². The minimum atomic E-state index is -3.53. The number of nitrogens with one attached hydrogen (secondary N) is 1. The molecule has 2 aliphatic heterocycles. The average molecular weight is 446 g/mol. The summed E-state index contributed by atoms with van der Waals surface area (Å²) in [6, 6.07) is 5.23. The molecule has 1 amide bonds. The minimum absolute atomic E-state index is 0.0331. The van der Waals surface area contributed by atoms with Crippen LogP contribution >= 0.6 is 0 Å². The Hall–Kier alpha value is -2.26. The lowest BCUT2D eigenvalue weighted by atomic mass is 9.97. The lowest BCUT2D eigenvalue weighted by molar-refractivity contribution is -0.126. The molecule has 4 rings (SSSR count). The van der Waals surface area contributed by atoms with Gasteiger partial charge in [-0.25, -0.2) is 8.42 Å². The van der Waals surface area contributed by atoms with Gasteiger partial charge in [-0.1, -0.05) is 12.5 Å². The fourth-order valence-corrected chi connectivity index (χ4v) is 5.92. The van der Waals surface area contributed by atoms with Crippen LogP contribution in [-0.2, 0) is 34.3 Å². The molecule has 2 aromatic rings. The van der Waals surface area contributed by atoms with Crippen LogP contribution in [0.1, 0.15) is 54.9 Å². The SMILES string of the molecule is Cc1ccc(S(=O)(=O)N2CCC(C(=O)NCc3nnc4n3CCCCC4)CC2)cc1C. The number of carbonyl (C=O) groups excluding carboxylic acids is 1. The number of benzene rings is 1. The number of hydrogen-bond acceptors (Lipinski definition) is 5. The van der Waals surface area contributed by atoms with Crippen LogP contribution in [0.4, 0.5) is 0 Å². The summed E-state index contributed by atoms with van der Waals surface area (Å²) in [4.78, 5) is 13.0. The van der Waals surface area contributed by atoms with Crippen molar-refractivity contribution in [2.24, 2.45) is 5.92 Å². The second kappa shape index (κ2) is 9.08. The Bertz CT molecular complexity index is 1060. The summed E-state index contributed by atoms with van der Waals surface area (Å²) in [7, 11) is -3.53. The van der Waals surface area contributed by atoms with E-state index in [0.29, 0.717) is 37.4 Å². The highest BCUT2D eigenvalue weighted by Crippen LogP contribution is 2.25. The maximum Gasteiger partial charge on any atom is 0.243 e. The normalized spacial score (nSPS) is 18.4. The van der Waals surface area contributed by atoms with Crippen LogP contribution in [0, 0.1) is 19.8 Å². The van der Waals surface area contributed by atoms with Gasteiger partial charge < -0.3 is 9.88 Å². The standard InChI is InChI=1S/C22H31N5O3S/c1-16-7-8-19(14-17(16)2)31(29,30)26-12-9-18(10-13-26)22(28)23-15-21-25-24-20-6-4-3-5-11-27(20)21/h7-8,14,18H,3-6,9-13,15H2,1-2H3,(H,23,28). The Labute approximate surface area is 184 Å². The van der Waals surface area contributed by atoms with Crippen molar-refractivity contribution in [2.45, 2.75) is 70.4 Å². The second-order valence-corrected chi connectivity index (χ2v) is 10.6. The van der Waals surface area contributed by atoms with E-state index < -0.39 is 10.0 Å². The molecule has 1 fully saturated rings. The van der Waals surface area contributed by atoms with E-state index in [1.165, 1.54) is 10.7 Å². The average Bonchev–Trinajstić information content (AvgIpc) is 2.99. The van der Waals surface area contributed by atoms with E-state index in [-0.39, 0.29) is 11.8 Å². The summed E-state index contributed by atoms with van der Waals surface area (Å²) < 4.78 is 29.6. The van der Waals surface area contributed by atoms with Crippen LogP contribution < -0.4 is 5.32 Å². The molecule has 1 N–H and O–H groups in total. The number of nitrogens with zero attached hydrogens (tertiary/aromatic N) is 4. The molecule has 9 heteroatoms. The number of rotatable bonds is 5. The highest BCUT2D eigenvalue weighted by Gasteiger charge is 2.32. The Morgan fingerprint density at radius 1 is 1.06 bits per heavy atom. The van der Waals surface area contributed by atoms with E-state index >= 15 is 0 Å². The number of aromatic nitrogens is 3. The van der Waals surface area contributed by atoms with Crippen LogP contribution in [0.5, 0.6) is 0 Å². The van der Waals surface area contributed by atoms with Crippen LogP contribution in [-0.4, -0.2) is 46.5 Å². The molecule has 0 atom stereocenters. The maximum atomic E-state index is 13.0. The van der Waals surface area contributed by atoms with E-state index in [4.69, 9.17) is 0 Å². The smallest absolute Gasteiger partial charge is 0.243 e. The van der Waals surface area contributed by atoms with E-state index in [0.717, 1.165) is 48.6 Å². The van der Waals surface area contributed by atoms with Crippen LogP contribution in [0.2, 0.25) is 0 Å². The molecular formula is C22H31N5O3S. The minimum Gasteiger partial charge on any atom is -0.349 e. The molecule has 0 radical (unpaired) electrons. The summed E-state index contributed by atoms with van der Waals surface area (Å²) in [6.07, 6.45) is 5.42. The summed E-state index contributed by atoms with van der Waals surface area (Å²) in [5.41, 5.74) is 2.03. The van der Waals surface area contributed by atoms with Crippen molar-refractivity contribution in [3.63, 3.8) is 0 Å². The van der Waals surface area contributed by atoms with Crippen molar-refractivity contribution in [2.75, 3.05) is 13.1 Å². The first kappa shape index (κ1) is 22.0. The van der Waals surface area contributed by atoms with Gasteiger partial charge in [-0.15, -0.1) is 10.2 Å². The van der Waals surface area contributed by atoms with Gasteiger partial charge in [0.15, 0.2) is 5.82 Å². The van der Waals surface area contributed by atoms with Gasteiger partial charge >= 0.3 is 0 Å². The quantitative estimate of drug-likeness (QED) is 0.762. The van der Waals surface area contributed by atoms with Gasteiger partial charge in [-0.3, -0.25) is 4.79 Å². The van der Waals surface area contributed by atoms with Gasteiger partial charge in [-0.05, 0) is 62.8 Å². The first-order valence-electron chi connectivity index (χ1n) is 11.1. The third-order valence-electron chi connectivity index (χ3n) is 6.55. The zero-order valence-corrected chi connectivity index (χ0v) is 19.1. The molecular weight excluding hydrogens is 414 g/mol. The number of amides is 1. The molecule has 0 spiro atoms. The Kier molecular flexibility index (Phi) is 6.43. The molecule has 31 heavy (non-hydrogen) atoms. The van der Waals surface area contributed by atoms with Crippen molar-refractivity contribution in [1.82, 2.24) is 24.4 Å². The van der Waals surface area contributed by atoms with Gasteiger partial charge in [0, 0.05) is 32.0 Å². The topological polar surface area (TPSA) is 97.2 Å². The molecule has 3 heterocycles. The molecule has 1 aromatic carbocycles. The van der Waals surface area contributed by atoms with E-state index in [2.05, 4.69) is 20.1 Å². The molecule has 1 aromatic heterocycles. The third kappa shape index (κ3) is 4.67. The fraction of sp³-hybridized carbons (Fsp3) is 0.591. The summed E-state index contributed by atoms with van der Waals surface area (Å²) in [5, 5.41) is 11.5. The molecule has 1 saturated heterocycles. The summed E-state index contributed by atoms with van der Waals surface area (Å²) in [5.74, 6) is 1.60. The molecule has 0 bridgehead atoms. The highest BCUT2D eigenvalue weighted by molar-refractivity contribution is 7.89. The van der Waals surface area contributed by atoms with Crippen molar-refractivity contribution in [3.05, 3.63) is 41.0 Å². The molecule has 168 valence electrons. The zero-order valence-electron chi connectivity index (χ0n) is 18.3. The Balaban J connectivity index is 1.33. The van der Waals surface area contributed by atoms with Gasteiger partial charge in [0.2, 0.25) is 15.9 Å². The van der Waals surface area contributed by atoms with E-state index in [1.807, 2.05) is 19.9 Å². The van der Waals surface area contributed by atoms with E-state index in [9.17, 15) is 13.2 Å². The monoisotopic (exact) mass is 445 g/mol. The third-order valence-corrected chi connectivity index (χ3v) is 8.44. The summed E-state index contributed by atoms with van der Waals surface area (Å²) >= 11 is 0. The number of fused-ring (bicyclic) bond motifs is 1. The van der Waals surface area contributed by atoms with Crippen molar-refractivity contribution in [3.8, 4) is 0 Å². The van der Waals surface area contributed by atoms with Crippen LogP contribution in [0.15, 0.2) is 23.1 Å². The fourth-order valence-electron chi connectivity index (χ4n) is 4.37. The maximum absolute atomic E-state index is 13.0. The summed E-state index contributed by atoms with van der Waals surface area (Å²) in [6.45, 7) is 5.86. The lowest BCUT2D eigenvalue weighted by Crippen LogP contribution is -2.43. The van der Waals surface area contributed by atoms with Gasteiger partial charge in [-0.2, -0.15) is 4.31 Å².